The van der Waals surface area contributed by atoms with Gasteiger partial charge in [-0.1, -0.05) is 11.6 Å². The Morgan fingerprint density at radius 3 is 2.55 bits per heavy atom. The fourth-order valence-corrected chi connectivity index (χ4v) is 2.42. The SMILES string of the molecule is COCCN(CCOC)C(=O)c1c(C)nc2cc(Cl)ccn12. The molecule has 0 aliphatic rings. The summed E-state index contributed by atoms with van der Waals surface area (Å²) >= 11 is 5.98. The molecule has 0 radical (unpaired) electrons. The fraction of sp³-hybridized carbons (Fsp3) is 0.467. The Hall–Kier alpha value is -1.63. The van der Waals surface area contributed by atoms with Crippen LogP contribution in [-0.2, 0) is 9.47 Å². The van der Waals surface area contributed by atoms with Crippen LogP contribution in [-0.4, -0.2) is 60.7 Å². The minimum absolute atomic E-state index is 0.0959. The van der Waals surface area contributed by atoms with Gasteiger partial charge in [0.1, 0.15) is 11.3 Å². The molecule has 0 fully saturated rings. The van der Waals surface area contributed by atoms with Gasteiger partial charge < -0.3 is 14.4 Å². The average Bonchev–Trinajstić information content (AvgIpc) is 2.81. The molecule has 22 heavy (non-hydrogen) atoms. The normalized spacial score (nSPS) is 11.1. The van der Waals surface area contributed by atoms with E-state index in [1.807, 2.05) is 6.92 Å². The fourth-order valence-electron chi connectivity index (χ4n) is 2.26. The number of hydrogen-bond acceptors (Lipinski definition) is 4. The summed E-state index contributed by atoms with van der Waals surface area (Å²) in [4.78, 5) is 19.0. The average molecular weight is 326 g/mol. The first-order valence-electron chi connectivity index (χ1n) is 7.00. The zero-order valence-electron chi connectivity index (χ0n) is 13.0. The third-order valence-corrected chi connectivity index (χ3v) is 3.62. The Morgan fingerprint density at radius 1 is 1.32 bits per heavy atom. The number of imidazole rings is 1. The second-order valence-electron chi connectivity index (χ2n) is 4.90. The first kappa shape index (κ1) is 16.7. The molecule has 0 aliphatic carbocycles. The van der Waals surface area contributed by atoms with Crippen molar-refractivity contribution in [2.75, 3.05) is 40.5 Å². The van der Waals surface area contributed by atoms with Crippen LogP contribution in [0, 0.1) is 6.92 Å². The monoisotopic (exact) mass is 325 g/mol. The van der Waals surface area contributed by atoms with E-state index in [1.165, 1.54) is 0 Å². The highest BCUT2D eigenvalue weighted by molar-refractivity contribution is 6.30. The largest absolute Gasteiger partial charge is 0.383 e. The van der Waals surface area contributed by atoms with E-state index in [-0.39, 0.29) is 5.91 Å². The molecule has 6 nitrogen and oxygen atoms in total. The topological polar surface area (TPSA) is 56.1 Å². The van der Waals surface area contributed by atoms with Gasteiger partial charge in [-0.2, -0.15) is 0 Å². The predicted molar refractivity (Wildman–Crippen MR) is 84.6 cm³/mol. The Morgan fingerprint density at radius 2 is 1.95 bits per heavy atom. The Bertz CT molecular complexity index is 649. The standard InChI is InChI=1S/C15H20ClN3O3/c1-11-14(19-5-4-12(16)10-13(19)17-11)15(20)18(6-8-21-2)7-9-22-3/h4-5,10H,6-9H2,1-3H3. The maximum atomic E-state index is 12.9. The van der Waals surface area contributed by atoms with Crippen LogP contribution in [0.1, 0.15) is 16.2 Å². The number of rotatable bonds is 7. The van der Waals surface area contributed by atoms with E-state index in [0.29, 0.717) is 48.4 Å². The molecule has 120 valence electrons. The lowest BCUT2D eigenvalue weighted by Gasteiger charge is -2.22. The molecule has 2 aromatic heterocycles. The number of halogens is 1. The van der Waals surface area contributed by atoms with Gasteiger partial charge in [0.05, 0.1) is 18.9 Å². The molecule has 0 atom stereocenters. The summed E-state index contributed by atoms with van der Waals surface area (Å²) in [6, 6.07) is 3.47. The van der Waals surface area contributed by atoms with E-state index in [2.05, 4.69) is 4.98 Å². The molecule has 0 unspecified atom stereocenters. The van der Waals surface area contributed by atoms with Crippen molar-refractivity contribution in [3.05, 3.63) is 34.7 Å². The van der Waals surface area contributed by atoms with Gasteiger partial charge in [-0.25, -0.2) is 4.98 Å². The van der Waals surface area contributed by atoms with Crippen molar-refractivity contribution in [3.63, 3.8) is 0 Å². The molecule has 0 saturated carbocycles. The molecule has 2 aromatic rings. The van der Waals surface area contributed by atoms with Crippen LogP contribution in [0.25, 0.3) is 5.65 Å². The lowest BCUT2D eigenvalue weighted by molar-refractivity contribution is 0.0620. The number of aromatic nitrogens is 2. The van der Waals surface area contributed by atoms with Crippen LogP contribution in [0.4, 0.5) is 0 Å². The Kier molecular flexibility index (Phi) is 5.76. The van der Waals surface area contributed by atoms with Crippen molar-refractivity contribution < 1.29 is 14.3 Å². The smallest absolute Gasteiger partial charge is 0.272 e. The minimum atomic E-state index is -0.0959. The number of amides is 1. The number of carbonyl (C=O) groups is 1. The quantitative estimate of drug-likeness (QED) is 0.781. The van der Waals surface area contributed by atoms with Crippen LogP contribution in [0.3, 0.4) is 0 Å². The van der Waals surface area contributed by atoms with Crippen LogP contribution in [0.5, 0.6) is 0 Å². The van der Waals surface area contributed by atoms with Crippen molar-refractivity contribution >= 4 is 23.2 Å². The summed E-state index contributed by atoms with van der Waals surface area (Å²) in [7, 11) is 3.22. The number of carbonyl (C=O) groups excluding carboxylic acids is 1. The molecule has 1 amide bonds. The zero-order valence-corrected chi connectivity index (χ0v) is 13.8. The lowest BCUT2D eigenvalue weighted by Crippen LogP contribution is -2.37. The number of hydrogen-bond donors (Lipinski definition) is 0. The molecule has 0 bridgehead atoms. The van der Waals surface area contributed by atoms with Gasteiger partial charge in [-0.15, -0.1) is 0 Å². The van der Waals surface area contributed by atoms with E-state index in [0.717, 1.165) is 0 Å². The number of pyridine rings is 1. The highest BCUT2D eigenvalue weighted by Crippen LogP contribution is 2.18. The third-order valence-electron chi connectivity index (χ3n) is 3.38. The molecular formula is C15H20ClN3O3. The number of fused-ring (bicyclic) bond motifs is 1. The van der Waals surface area contributed by atoms with Crippen molar-refractivity contribution in [2.45, 2.75) is 6.92 Å². The Labute approximate surface area is 134 Å². The molecule has 0 N–H and O–H groups in total. The van der Waals surface area contributed by atoms with E-state index in [1.54, 1.807) is 41.8 Å². The summed E-state index contributed by atoms with van der Waals surface area (Å²) < 4.78 is 11.9. The molecule has 7 heteroatoms. The molecule has 0 saturated heterocycles. The van der Waals surface area contributed by atoms with Crippen molar-refractivity contribution in [3.8, 4) is 0 Å². The van der Waals surface area contributed by atoms with Crippen molar-refractivity contribution in [2.24, 2.45) is 0 Å². The lowest BCUT2D eigenvalue weighted by atomic mass is 10.3. The summed E-state index contributed by atoms with van der Waals surface area (Å²) in [5.41, 5.74) is 1.87. The number of ether oxygens (including phenoxy) is 2. The van der Waals surface area contributed by atoms with E-state index >= 15 is 0 Å². The van der Waals surface area contributed by atoms with Crippen LogP contribution < -0.4 is 0 Å². The zero-order chi connectivity index (χ0) is 16.1. The summed E-state index contributed by atoms with van der Waals surface area (Å²) in [6.45, 7) is 3.75. The van der Waals surface area contributed by atoms with E-state index < -0.39 is 0 Å². The van der Waals surface area contributed by atoms with Gasteiger partial charge in [0.15, 0.2) is 0 Å². The second kappa shape index (κ2) is 7.58. The Balaban J connectivity index is 2.34. The minimum Gasteiger partial charge on any atom is -0.383 e. The van der Waals surface area contributed by atoms with Crippen LogP contribution >= 0.6 is 11.6 Å². The van der Waals surface area contributed by atoms with Crippen LogP contribution in [0.15, 0.2) is 18.3 Å². The molecule has 0 aliphatic heterocycles. The molecule has 0 aromatic carbocycles. The van der Waals surface area contributed by atoms with Gasteiger partial charge in [0.25, 0.3) is 5.91 Å². The highest BCUT2D eigenvalue weighted by atomic mass is 35.5. The second-order valence-corrected chi connectivity index (χ2v) is 5.33. The predicted octanol–water partition coefficient (Wildman–Crippen LogP) is 2.03. The molecule has 2 rings (SSSR count). The summed E-state index contributed by atoms with van der Waals surface area (Å²) in [6.07, 6.45) is 1.76. The van der Waals surface area contributed by atoms with Gasteiger partial charge in [-0.05, 0) is 13.0 Å². The van der Waals surface area contributed by atoms with Gasteiger partial charge in [0.2, 0.25) is 0 Å². The van der Waals surface area contributed by atoms with E-state index in [9.17, 15) is 4.79 Å². The van der Waals surface area contributed by atoms with Gasteiger partial charge >= 0.3 is 0 Å². The van der Waals surface area contributed by atoms with Crippen molar-refractivity contribution in [1.29, 1.82) is 0 Å². The summed E-state index contributed by atoms with van der Waals surface area (Å²) in [5, 5.41) is 0.590. The first-order valence-corrected chi connectivity index (χ1v) is 7.37. The first-order chi connectivity index (χ1) is 10.6. The van der Waals surface area contributed by atoms with Gasteiger partial charge in [-0.3, -0.25) is 9.20 Å². The molecule has 0 spiro atoms. The maximum absolute atomic E-state index is 12.9. The third kappa shape index (κ3) is 3.58. The number of nitrogens with zero attached hydrogens (tertiary/aromatic N) is 3. The molecule has 2 heterocycles. The van der Waals surface area contributed by atoms with E-state index in [4.69, 9.17) is 21.1 Å². The van der Waals surface area contributed by atoms with Crippen LogP contribution in [0.2, 0.25) is 5.02 Å². The van der Waals surface area contributed by atoms with Crippen molar-refractivity contribution in [1.82, 2.24) is 14.3 Å². The van der Waals surface area contributed by atoms with Gasteiger partial charge in [0, 0.05) is 44.6 Å². The highest BCUT2D eigenvalue weighted by Gasteiger charge is 2.22. The maximum Gasteiger partial charge on any atom is 0.272 e. The summed E-state index contributed by atoms with van der Waals surface area (Å²) in [5.74, 6) is -0.0959. The number of methoxy groups -OCH3 is 2. The molecular weight excluding hydrogens is 306 g/mol. The number of aryl methyl sites for hydroxylation is 1.